The van der Waals surface area contributed by atoms with E-state index in [0.717, 1.165) is 38.5 Å². The number of carbonyl (C=O) groups is 2. The Balaban J connectivity index is 4.21. The fourth-order valence-corrected chi connectivity index (χ4v) is 4.27. The molecular formula is C30H58O4. The van der Waals surface area contributed by atoms with Gasteiger partial charge in [-0.05, 0) is 19.3 Å². The predicted octanol–water partition coefficient (Wildman–Crippen LogP) is 9.82. The molecule has 0 heterocycles. The highest BCUT2D eigenvalue weighted by Crippen LogP contribution is 2.16. The van der Waals surface area contributed by atoms with Crippen molar-refractivity contribution in [3.63, 3.8) is 0 Å². The average molecular weight is 483 g/mol. The number of esters is 2. The zero-order valence-corrected chi connectivity index (χ0v) is 23.2. The van der Waals surface area contributed by atoms with Crippen LogP contribution in [-0.4, -0.2) is 18.2 Å². The van der Waals surface area contributed by atoms with Gasteiger partial charge in [0.1, 0.15) is 0 Å². The molecule has 0 aliphatic rings. The SMILES string of the molecule is CCCCCCCCCC(=O)OC(CCCCCCCCC)OC(=O)CCCCCCCCC. The maximum absolute atomic E-state index is 12.3. The van der Waals surface area contributed by atoms with Gasteiger partial charge in [0, 0.05) is 19.3 Å². The van der Waals surface area contributed by atoms with Gasteiger partial charge in [-0.3, -0.25) is 9.59 Å². The second kappa shape index (κ2) is 26.5. The van der Waals surface area contributed by atoms with Gasteiger partial charge in [0.2, 0.25) is 6.29 Å². The molecule has 0 spiro atoms. The van der Waals surface area contributed by atoms with Crippen molar-refractivity contribution in [1.29, 1.82) is 0 Å². The minimum Gasteiger partial charge on any atom is -0.425 e. The summed E-state index contributed by atoms with van der Waals surface area (Å²) < 4.78 is 11.2. The first-order chi connectivity index (χ1) is 16.6. The number of carbonyl (C=O) groups excluding carboxylic acids is 2. The third kappa shape index (κ3) is 24.1. The van der Waals surface area contributed by atoms with Crippen LogP contribution in [0.5, 0.6) is 0 Å². The molecule has 0 aromatic rings. The van der Waals surface area contributed by atoms with Gasteiger partial charge >= 0.3 is 11.9 Å². The molecule has 0 saturated carbocycles. The molecule has 0 bridgehead atoms. The van der Waals surface area contributed by atoms with Crippen LogP contribution in [0.1, 0.15) is 175 Å². The lowest BCUT2D eigenvalue weighted by molar-refractivity contribution is -0.189. The largest absolute Gasteiger partial charge is 0.425 e. The Morgan fingerprint density at radius 3 is 1.09 bits per heavy atom. The first-order valence-electron chi connectivity index (χ1n) is 15.0. The molecule has 202 valence electrons. The highest BCUT2D eigenvalue weighted by molar-refractivity contribution is 5.71. The Kier molecular flexibility index (Phi) is 25.7. The molecule has 0 aromatic carbocycles. The van der Waals surface area contributed by atoms with E-state index in [4.69, 9.17) is 9.47 Å². The van der Waals surface area contributed by atoms with Crippen molar-refractivity contribution in [3.8, 4) is 0 Å². The maximum Gasteiger partial charge on any atom is 0.308 e. The van der Waals surface area contributed by atoms with Crippen LogP contribution >= 0.6 is 0 Å². The van der Waals surface area contributed by atoms with Gasteiger partial charge in [-0.1, -0.05) is 136 Å². The van der Waals surface area contributed by atoms with Gasteiger partial charge < -0.3 is 9.47 Å². The Labute approximate surface area is 212 Å². The van der Waals surface area contributed by atoms with Crippen molar-refractivity contribution in [2.24, 2.45) is 0 Å². The van der Waals surface area contributed by atoms with E-state index >= 15 is 0 Å². The number of rotatable bonds is 26. The average Bonchev–Trinajstić information content (AvgIpc) is 2.82. The smallest absolute Gasteiger partial charge is 0.308 e. The van der Waals surface area contributed by atoms with Crippen molar-refractivity contribution in [2.75, 3.05) is 0 Å². The zero-order valence-electron chi connectivity index (χ0n) is 23.2. The molecule has 0 unspecified atom stereocenters. The molecule has 0 amide bonds. The summed E-state index contributed by atoms with van der Waals surface area (Å²) in [6, 6.07) is 0. The third-order valence-electron chi connectivity index (χ3n) is 6.54. The Morgan fingerprint density at radius 1 is 0.441 bits per heavy atom. The van der Waals surface area contributed by atoms with Crippen LogP contribution in [0.4, 0.5) is 0 Å². The third-order valence-corrected chi connectivity index (χ3v) is 6.54. The van der Waals surface area contributed by atoms with Crippen LogP contribution in [-0.2, 0) is 19.1 Å². The highest BCUT2D eigenvalue weighted by Gasteiger charge is 2.18. The normalized spacial score (nSPS) is 11.2. The second-order valence-corrected chi connectivity index (χ2v) is 10.1. The Morgan fingerprint density at radius 2 is 0.735 bits per heavy atom. The molecule has 4 heteroatoms. The molecule has 0 aliphatic heterocycles. The molecule has 0 aliphatic carbocycles. The van der Waals surface area contributed by atoms with Crippen LogP contribution < -0.4 is 0 Å². The predicted molar refractivity (Wildman–Crippen MR) is 144 cm³/mol. The first kappa shape index (κ1) is 32.9. The maximum atomic E-state index is 12.3. The van der Waals surface area contributed by atoms with Crippen LogP contribution in [0.25, 0.3) is 0 Å². The van der Waals surface area contributed by atoms with Gasteiger partial charge in [0.25, 0.3) is 0 Å². The minimum absolute atomic E-state index is 0.217. The van der Waals surface area contributed by atoms with E-state index in [-0.39, 0.29) is 11.9 Å². The second-order valence-electron chi connectivity index (χ2n) is 10.1. The molecule has 0 N–H and O–H groups in total. The summed E-state index contributed by atoms with van der Waals surface area (Å²) >= 11 is 0. The Hall–Kier alpha value is -1.06. The van der Waals surface area contributed by atoms with Crippen LogP contribution in [0.2, 0.25) is 0 Å². The molecule has 0 aromatic heterocycles. The summed E-state index contributed by atoms with van der Waals surface area (Å²) in [6.45, 7) is 6.67. The van der Waals surface area contributed by atoms with Gasteiger partial charge in [-0.15, -0.1) is 0 Å². The van der Waals surface area contributed by atoms with Gasteiger partial charge in [-0.2, -0.15) is 0 Å². The zero-order chi connectivity index (χ0) is 25.1. The summed E-state index contributed by atoms with van der Waals surface area (Å²) in [5.74, 6) is -0.435. The lowest BCUT2D eigenvalue weighted by atomic mass is 10.1. The van der Waals surface area contributed by atoms with E-state index in [1.54, 1.807) is 0 Å². The summed E-state index contributed by atoms with van der Waals surface area (Å²) in [7, 11) is 0. The fraction of sp³-hybridized carbons (Fsp3) is 0.933. The van der Waals surface area contributed by atoms with Crippen molar-refractivity contribution in [3.05, 3.63) is 0 Å². The van der Waals surface area contributed by atoms with Gasteiger partial charge in [-0.25, -0.2) is 0 Å². The lowest BCUT2D eigenvalue weighted by Crippen LogP contribution is -2.24. The van der Waals surface area contributed by atoms with Crippen molar-refractivity contribution >= 4 is 11.9 Å². The van der Waals surface area contributed by atoms with E-state index in [9.17, 15) is 9.59 Å². The molecule has 0 atom stereocenters. The standard InChI is InChI=1S/C30H58O4/c1-4-7-10-13-16-19-22-25-28(31)33-30(27-24-21-18-15-12-9-6-3)34-29(32)26-23-20-17-14-11-8-5-2/h30H,4-27H2,1-3H3. The minimum atomic E-state index is -0.704. The molecule has 4 nitrogen and oxygen atoms in total. The van der Waals surface area contributed by atoms with Gasteiger partial charge in [0.05, 0.1) is 0 Å². The van der Waals surface area contributed by atoms with Crippen LogP contribution in [0.15, 0.2) is 0 Å². The van der Waals surface area contributed by atoms with Crippen molar-refractivity contribution < 1.29 is 19.1 Å². The van der Waals surface area contributed by atoms with Crippen LogP contribution in [0.3, 0.4) is 0 Å². The van der Waals surface area contributed by atoms with E-state index in [0.29, 0.717) is 19.3 Å². The molecule has 0 rings (SSSR count). The molecule has 0 saturated heterocycles. The Bertz CT molecular complexity index is 417. The molecule has 0 radical (unpaired) electrons. The van der Waals surface area contributed by atoms with E-state index in [1.807, 2.05) is 0 Å². The number of hydrogen-bond acceptors (Lipinski definition) is 4. The van der Waals surface area contributed by atoms with Gasteiger partial charge in [0.15, 0.2) is 0 Å². The molecule has 34 heavy (non-hydrogen) atoms. The topological polar surface area (TPSA) is 52.6 Å². The van der Waals surface area contributed by atoms with E-state index in [2.05, 4.69) is 20.8 Å². The monoisotopic (exact) mass is 482 g/mol. The summed E-state index contributed by atoms with van der Waals surface area (Å²) in [4.78, 5) is 24.7. The molecule has 0 fully saturated rings. The number of unbranched alkanes of at least 4 members (excludes halogenated alkanes) is 18. The molecular weight excluding hydrogens is 424 g/mol. The quantitative estimate of drug-likeness (QED) is 0.0699. The van der Waals surface area contributed by atoms with Crippen LogP contribution in [0, 0.1) is 0 Å². The number of ether oxygens (including phenoxy) is 2. The number of hydrogen-bond donors (Lipinski definition) is 0. The summed E-state index contributed by atoms with van der Waals surface area (Å²) in [6.07, 6.45) is 25.5. The van der Waals surface area contributed by atoms with Crippen molar-refractivity contribution in [2.45, 2.75) is 181 Å². The summed E-state index contributed by atoms with van der Waals surface area (Å²) in [5.41, 5.74) is 0. The highest BCUT2D eigenvalue weighted by atomic mass is 16.7. The lowest BCUT2D eigenvalue weighted by Gasteiger charge is -2.18. The van der Waals surface area contributed by atoms with E-state index < -0.39 is 6.29 Å². The first-order valence-corrected chi connectivity index (χ1v) is 15.0. The fourth-order valence-electron chi connectivity index (χ4n) is 4.27. The summed E-state index contributed by atoms with van der Waals surface area (Å²) in [5, 5.41) is 0. The van der Waals surface area contributed by atoms with E-state index in [1.165, 1.54) is 96.3 Å². The van der Waals surface area contributed by atoms with Crippen molar-refractivity contribution in [1.82, 2.24) is 0 Å².